The molecular weight excluding hydrogens is 340 g/mol. The van der Waals surface area contributed by atoms with Crippen molar-refractivity contribution < 1.29 is 4.79 Å². The number of carbonyl (C=O) groups is 1. The van der Waals surface area contributed by atoms with Crippen molar-refractivity contribution in [2.45, 2.75) is 47.6 Å². The van der Waals surface area contributed by atoms with Gasteiger partial charge in [0.2, 0.25) is 5.91 Å². The van der Waals surface area contributed by atoms with E-state index in [-0.39, 0.29) is 18.3 Å². The van der Waals surface area contributed by atoms with Gasteiger partial charge in [-0.25, -0.2) is 0 Å². The van der Waals surface area contributed by atoms with Gasteiger partial charge in [-0.15, -0.1) is 12.4 Å². The predicted octanol–water partition coefficient (Wildman–Crippen LogP) is 4.15. The molecule has 0 aliphatic heterocycles. The monoisotopic (exact) mass is 362 g/mol. The molecule has 2 aromatic carbocycles. The van der Waals surface area contributed by atoms with Crippen LogP contribution in [0.1, 0.15) is 31.2 Å². The fourth-order valence-corrected chi connectivity index (χ4v) is 3.91. The summed E-state index contributed by atoms with van der Waals surface area (Å²) in [6.07, 6.45) is 3.67. The van der Waals surface area contributed by atoms with Gasteiger partial charge in [0.15, 0.2) is 0 Å². The second-order valence-electron chi connectivity index (χ2n) is 6.07. The molecule has 0 saturated heterocycles. The highest BCUT2D eigenvalue weighted by Gasteiger charge is 2.36. The van der Waals surface area contributed by atoms with Gasteiger partial charge in [0.05, 0.1) is 5.54 Å². The molecule has 0 aromatic heterocycles. The van der Waals surface area contributed by atoms with Crippen LogP contribution in [0, 0.1) is 0 Å². The SMILES string of the molecule is Cl.NC1(C(=O)NCc2ccccc2Sc2ccccc2)CCCC1. The molecule has 0 bridgehead atoms. The lowest BCUT2D eigenvalue weighted by molar-refractivity contribution is -0.126. The molecular formula is C19H23ClN2OS. The standard InChI is InChI=1S/C19H22N2OS.ClH/c20-19(12-6-7-13-19)18(22)21-14-15-8-4-5-11-17(15)23-16-9-2-1-3-10-16;/h1-5,8-11H,6-7,12-14,20H2,(H,21,22);1H. The maximum Gasteiger partial charge on any atom is 0.240 e. The van der Waals surface area contributed by atoms with Crippen LogP contribution in [0.4, 0.5) is 0 Å². The second-order valence-corrected chi connectivity index (χ2v) is 7.18. The summed E-state index contributed by atoms with van der Waals surface area (Å²) in [6.45, 7) is 0.522. The minimum Gasteiger partial charge on any atom is -0.350 e. The van der Waals surface area contributed by atoms with E-state index >= 15 is 0 Å². The van der Waals surface area contributed by atoms with Crippen molar-refractivity contribution in [1.29, 1.82) is 0 Å². The molecule has 2 aromatic rings. The first kappa shape index (κ1) is 18.8. The first-order valence-corrected chi connectivity index (χ1v) is 8.87. The Kier molecular flexibility index (Phi) is 6.72. The molecule has 24 heavy (non-hydrogen) atoms. The Labute approximate surface area is 153 Å². The Morgan fingerprint density at radius 3 is 2.38 bits per heavy atom. The Morgan fingerprint density at radius 1 is 1.04 bits per heavy atom. The third kappa shape index (κ3) is 4.53. The van der Waals surface area contributed by atoms with Gasteiger partial charge in [0.25, 0.3) is 0 Å². The minimum atomic E-state index is -0.665. The lowest BCUT2D eigenvalue weighted by Crippen LogP contribution is -2.51. The number of halogens is 1. The van der Waals surface area contributed by atoms with E-state index in [9.17, 15) is 4.79 Å². The summed E-state index contributed by atoms with van der Waals surface area (Å²) in [5.41, 5.74) is 6.67. The minimum absolute atomic E-state index is 0. The number of carbonyl (C=O) groups excluding carboxylic acids is 1. The topological polar surface area (TPSA) is 55.1 Å². The van der Waals surface area contributed by atoms with Crippen molar-refractivity contribution in [2.24, 2.45) is 5.73 Å². The van der Waals surface area contributed by atoms with Gasteiger partial charge >= 0.3 is 0 Å². The molecule has 128 valence electrons. The molecule has 3 nitrogen and oxygen atoms in total. The number of nitrogens with two attached hydrogens (primary N) is 1. The molecule has 1 fully saturated rings. The highest BCUT2D eigenvalue weighted by molar-refractivity contribution is 7.99. The maximum absolute atomic E-state index is 12.4. The number of hydrogen-bond acceptors (Lipinski definition) is 3. The van der Waals surface area contributed by atoms with Crippen LogP contribution in [0.5, 0.6) is 0 Å². The van der Waals surface area contributed by atoms with E-state index in [2.05, 4.69) is 29.6 Å². The van der Waals surface area contributed by atoms with Crippen LogP contribution in [0.2, 0.25) is 0 Å². The summed E-state index contributed by atoms with van der Waals surface area (Å²) >= 11 is 1.71. The fraction of sp³-hybridized carbons (Fsp3) is 0.316. The zero-order chi connectivity index (χ0) is 16.1. The largest absolute Gasteiger partial charge is 0.350 e. The van der Waals surface area contributed by atoms with Crippen molar-refractivity contribution in [1.82, 2.24) is 5.32 Å². The molecule has 0 heterocycles. The summed E-state index contributed by atoms with van der Waals surface area (Å²) in [5.74, 6) is -0.0190. The number of benzene rings is 2. The number of amides is 1. The molecule has 0 atom stereocenters. The van der Waals surface area contributed by atoms with Crippen LogP contribution in [0.25, 0.3) is 0 Å². The van der Waals surface area contributed by atoms with E-state index in [1.165, 1.54) is 4.90 Å². The van der Waals surface area contributed by atoms with Gasteiger partial charge in [-0.1, -0.05) is 61.0 Å². The van der Waals surface area contributed by atoms with Gasteiger partial charge in [-0.3, -0.25) is 4.79 Å². The average Bonchev–Trinajstić information content (AvgIpc) is 3.03. The van der Waals surface area contributed by atoms with Crippen molar-refractivity contribution in [2.75, 3.05) is 0 Å². The van der Waals surface area contributed by atoms with Crippen LogP contribution in [0.3, 0.4) is 0 Å². The van der Waals surface area contributed by atoms with Gasteiger partial charge in [-0.05, 0) is 36.6 Å². The molecule has 1 amide bonds. The van der Waals surface area contributed by atoms with Crippen molar-refractivity contribution in [3.63, 3.8) is 0 Å². The summed E-state index contributed by atoms with van der Waals surface area (Å²) in [6, 6.07) is 18.4. The molecule has 0 radical (unpaired) electrons. The third-order valence-corrected chi connectivity index (χ3v) is 5.46. The summed E-state index contributed by atoms with van der Waals surface area (Å²) in [4.78, 5) is 14.7. The molecule has 5 heteroatoms. The fourth-order valence-electron chi connectivity index (χ4n) is 2.95. The lowest BCUT2D eigenvalue weighted by Gasteiger charge is -2.22. The highest BCUT2D eigenvalue weighted by Crippen LogP contribution is 2.31. The Balaban J connectivity index is 0.00000208. The molecule has 1 aliphatic carbocycles. The smallest absolute Gasteiger partial charge is 0.240 e. The first-order chi connectivity index (χ1) is 11.2. The highest BCUT2D eigenvalue weighted by atomic mass is 35.5. The Hall–Kier alpha value is -1.49. The van der Waals surface area contributed by atoms with Crippen molar-refractivity contribution in [3.8, 4) is 0 Å². The van der Waals surface area contributed by atoms with Gasteiger partial charge in [-0.2, -0.15) is 0 Å². The van der Waals surface area contributed by atoms with Crippen molar-refractivity contribution in [3.05, 3.63) is 60.2 Å². The van der Waals surface area contributed by atoms with Gasteiger partial charge in [0, 0.05) is 16.3 Å². The Morgan fingerprint density at radius 2 is 1.67 bits per heavy atom. The van der Waals surface area contributed by atoms with Crippen LogP contribution in [-0.4, -0.2) is 11.4 Å². The van der Waals surface area contributed by atoms with Crippen molar-refractivity contribution >= 4 is 30.1 Å². The van der Waals surface area contributed by atoms with Crippen LogP contribution >= 0.6 is 24.2 Å². The Bertz CT molecular complexity index is 672. The summed E-state index contributed by atoms with van der Waals surface area (Å²) < 4.78 is 0. The van der Waals surface area contributed by atoms with Gasteiger partial charge < -0.3 is 11.1 Å². The van der Waals surface area contributed by atoms with E-state index in [1.54, 1.807) is 11.8 Å². The average molecular weight is 363 g/mol. The lowest BCUT2D eigenvalue weighted by atomic mass is 9.98. The van der Waals surface area contributed by atoms with Gasteiger partial charge in [0.1, 0.15) is 0 Å². The molecule has 0 unspecified atom stereocenters. The quantitative estimate of drug-likeness (QED) is 0.840. The third-order valence-electron chi connectivity index (χ3n) is 4.33. The molecule has 1 aliphatic rings. The number of rotatable bonds is 5. The van der Waals surface area contributed by atoms with E-state index in [4.69, 9.17) is 5.73 Å². The van der Waals surface area contributed by atoms with Crippen LogP contribution in [0.15, 0.2) is 64.4 Å². The molecule has 3 N–H and O–H groups in total. The van der Waals surface area contributed by atoms with Crippen LogP contribution in [-0.2, 0) is 11.3 Å². The van der Waals surface area contributed by atoms with Crippen LogP contribution < -0.4 is 11.1 Å². The van der Waals surface area contributed by atoms with E-state index in [1.807, 2.05) is 30.3 Å². The van der Waals surface area contributed by atoms with E-state index < -0.39 is 5.54 Å². The molecule has 0 spiro atoms. The summed E-state index contributed by atoms with van der Waals surface area (Å²) in [5, 5.41) is 3.03. The zero-order valence-corrected chi connectivity index (χ0v) is 15.2. The molecule has 3 rings (SSSR count). The second kappa shape index (κ2) is 8.56. The first-order valence-electron chi connectivity index (χ1n) is 8.05. The zero-order valence-electron chi connectivity index (χ0n) is 13.5. The van der Waals surface area contributed by atoms with E-state index in [0.29, 0.717) is 6.54 Å². The number of hydrogen-bond donors (Lipinski definition) is 2. The number of nitrogens with one attached hydrogen (secondary N) is 1. The normalized spacial score (nSPS) is 15.5. The maximum atomic E-state index is 12.4. The molecule has 1 saturated carbocycles. The van der Waals surface area contributed by atoms with E-state index in [0.717, 1.165) is 36.1 Å². The summed E-state index contributed by atoms with van der Waals surface area (Å²) in [7, 11) is 0. The predicted molar refractivity (Wildman–Crippen MR) is 101 cm³/mol.